The molecule has 25 heavy (non-hydrogen) atoms. The monoisotopic (exact) mass is 339 g/mol. The molecular weight excluding hydrogens is 314 g/mol. The molecule has 0 atom stereocenters. The molecule has 3 rings (SSSR count). The van der Waals surface area contributed by atoms with E-state index in [4.69, 9.17) is 4.74 Å². The molecule has 2 heterocycles. The fourth-order valence-corrected chi connectivity index (χ4v) is 3.26. The largest absolute Gasteiger partial charge is 0.450 e. The Morgan fingerprint density at radius 1 is 1.20 bits per heavy atom. The van der Waals surface area contributed by atoms with E-state index in [-0.39, 0.29) is 0 Å². The molecule has 1 saturated heterocycles. The number of benzene rings is 1. The predicted molar refractivity (Wildman–Crippen MR) is 100.0 cm³/mol. The fourth-order valence-electron chi connectivity index (χ4n) is 3.26. The number of hydrogen-bond donors (Lipinski definition) is 1. The van der Waals surface area contributed by atoms with Crippen molar-refractivity contribution >= 4 is 17.6 Å². The minimum Gasteiger partial charge on any atom is -0.450 e. The first kappa shape index (κ1) is 17.3. The Hall–Kier alpha value is -2.56. The lowest BCUT2D eigenvalue weighted by atomic mass is 9.90. The second-order valence-electron chi connectivity index (χ2n) is 6.37. The summed E-state index contributed by atoms with van der Waals surface area (Å²) in [7, 11) is 0. The Labute approximate surface area is 149 Å². The number of anilines is 2. The smallest absolute Gasteiger partial charge is 0.412 e. The van der Waals surface area contributed by atoms with Gasteiger partial charge in [-0.15, -0.1) is 0 Å². The Morgan fingerprint density at radius 2 is 1.96 bits per heavy atom. The van der Waals surface area contributed by atoms with Crippen LogP contribution in [0.15, 0.2) is 48.7 Å². The number of piperidine rings is 1. The molecule has 1 amide bonds. The van der Waals surface area contributed by atoms with Gasteiger partial charge in [0.15, 0.2) is 0 Å². The lowest BCUT2D eigenvalue weighted by Crippen LogP contribution is -2.34. The van der Waals surface area contributed by atoms with Crippen LogP contribution in [-0.2, 0) is 11.2 Å². The highest BCUT2D eigenvalue weighted by Crippen LogP contribution is 2.25. The Balaban J connectivity index is 1.50. The van der Waals surface area contributed by atoms with Crippen LogP contribution in [0.5, 0.6) is 0 Å². The molecule has 5 heteroatoms. The fraction of sp³-hybridized carbons (Fsp3) is 0.400. The van der Waals surface area contributed by atoms with Gasteiger partial charge in [0.05, 0.1) is 18.5 Å². The number of amides is 1. The quantitative estimate of drug-likeness (QED) is 0.891. The third-order valence-corrected chi connectivity index (χ3v) is 4.60. The maximum Gasteiger partial charge on any atom is 0.412 e. The van der Waals surface area contributed by atoms with Crippen molar-refractivity contribution in [2.24, 2.45) is 5.92 Å². The molecule has 1 aliphatic heterocycles. The number of nitrogens with zero attached hydrogens (tertiary/aromatic N) is 2. The van der Waals surface area contributed by atoms with Gasteiger partial charge in [0.1, 0.15) is 5.82 Å². The summed E-state index contributed by atoms with van der Waals surface area (Å²) >= 11 is 0. The van der Waals surface area contributed by atoms with Crippen molar-refractivity contribution in [2.75, 3.05) is 29.9 Å². The Bertz CT molecular complexity index is 665. The van der Waals surface area contributed by atoms with Crippen molar-refractivity contribution in [3.63, 3.8) is 0 Å². The number of carbonyl (C=O) groups is 1. The number of pyridine rings is 1. The summed E-state index contributed by atoms with van der Waals surface area (Å²) in [5, 5.41) is 2.62. The van der Waals surface area contributed by atoms with E-state index in [9.17, 15) is 4.79 Å². The summed E-state index contributed by atoms with van der Waals surface area (Å²) in [6.07, 6.45) is 4.90. The van der Waals surface area contributed by atoms with Crippen LogP contribution < -0.4 is 10.2 Å². The zero-order chi connectivity index (χ0) is 17.5. The summed E-state index contributed by atoms with van der Waals surface area (Å²) in [6.45, 7) is 4.22. The molecule has 1 aliphatic rings. The average molecular weight is 339 g/mol. The molecule has 1 aromatic carbocycles. The van der Waals surface area contributed by atoms with E-state index < -0.39 is 6.09 Å². The first-order chi connectivity index (χ1) is 12.2. The van der Waals surface area contributed by atoms with E-state index in [2.05, 4.69) is 45.5 Å². The van der Waals surface area contributed by atoms with Crippen LogP contribution >= 0.6 is 0 Å². The lowest BCUT2D eigenvalue weighted by Gasteiger charge is -2.33. The first-order valence-corrected chi connectivity index (χ1v) is 8.93. The SMILES string of the molecule is CCOC(=O)Nc1ccc(N2CCC(Cc3ccccc3)CC2)cn1. The van der Waals surface area contributed by atoms with Gasteiger partial charge in [0, 0.05) is 13.1 Å². The normalized spacial score (nSPS) is 15.0. The van der Waals surface area contributed by atoms with E-state index in [1.165, 1.54) is 18.4 Å². The highest BCUT2D eigenvalue weighted by atomic mass is 16.5. The summed E-state index contributed by atoms with van der Waals surface area (Å²) in [5.74, 6) is 1.26. The third-order valence-electron chi connectivity index (χ3n) is 4.60. The minimum atomic E-state index is -0.468. The molecular formula is C20H25N3O2. The third kappa shape index (κ3) is 4.95. The Kier molecular flexibility index (Phi) is 5.88. The van der Waals surface area contributed by atoms with E-state index >= 15 is 0 Å². The molecule has 5 nitrogen and oxygen atoms in total. The van der Waals surface area contributed by atoms with Gasteiger partial charge in [0.25, 0.3) is 0 Å². The topological polar surface area (TPSA) is 54.5 Å². The van der Waals surface area contributed by atoms with Crippen molar-refractivity contribution in [2.45, 2.75) is 26.2 Å². The predicted octanol–water partition coefficient (Wildman–Crippen LogP) is 4.11. The number of nitrogens with one attached hydrogen (secondary N) is 1. The van der Waals surface area contributed by atoms with Gasteiger partial charge in [-0.2, -0.15) is 0 Å². The maximum atomic E-state index is 11.4. The van der Waals surface area contributed by atoms with Crippen molar-refractivity contribution in [1.82, 2.24) is 4.98 Å². The standard InChI is InChI=1S/C20H25N3O2/c1-2-25-20(24)22-19-9-8-18(15-21-19)23-12-10-17(11-13-23)14-16-6-4-3-5-7-16/h3-9,15,17H,2,10-14H2,1H3,(H,21,22,24). The summed E-state index contributed by atoms with van der Waals surface area (Å²) in [5.41, 5.74) is 2.53. The van der Waals surface area contributed by atoms with Crippen LogP contribution in [0.4, 0.5) is 16.3 Å². The molecule has 2 aromatic rings. The molecule has 1 N–H and O–H groups in total. The second-order valence-corrected chi connectivity index (χ2v) is 6.37. The number of hydrogen-bond acceptors (Lipinski definition) is 4. The first-order valence-electron chi connectivity index (χ1n) is 8.93. The highest BCUT2D eigenvalue weighted by molar-refractivity contribution is 5.83. The van der Waals surface area contributed by atoms with Crippen LogP contribution in [0.3, 0.4) is 0 Å². The second kappa shape index (κ2) is 8.51. The van der Waals surface area contributed by atoms with Crippen molar-refractivity contribution < 1.29 is 9.53 Å². The molecule has 132 valence electrons. The number of carbonyl (C=O) groups excluding carboxylic acids is 1. The molecule has 1 aromatic heterocycles. The molecule has 0 unspecified atom stereocenters. The van der Waals surface area contributed by atoms with Gasteiger partial charge in [-0.05, 0) is 49.8 Å². The van der Waals surface area contributed by atoms with Gasteiger partial charge >= 0.3 is 6.09 Å². The van der Waals surface area contributed by atoms with Crippen LogP contribution in [-0.4, -0.2) is 30.8 Å². The van der Waals surface area contributed by atoms with Gasteiger partial charge in [-0.3, -0.25) is 5.32 Å². The van der Waals surface area contributed by atoms with E-state index in [0.29, 0.717) is 12.4 Å². The summed E-state index contributed by atoms with van der Waals surface area (Å²) < 4.78 is 4.85. The van der Waals surface area contributed by atoms with Crippen LogP contribution in [0.25, 0.3) is 0 Å². The molecule has 0 spiro atoms. The molecule has 0 saturated carbocycles. The van der Waals surface area contributed by atoms with Crippen LogP contribution in [0.1, 0.15) is 25.3 Å². The average Bonchev–Trinajstić information content (AvgIpc) is 2.64. The van der Waals surface area contributed by atoms with Gasteiger partial charge in [0.2, 0.25) is 0 Å². The molecule has 1 fully saturated rings. The zero-order valence-electron chi connectivity index (χ0n) is 14.6. The Morgan fingerprint density at radius 3 is 2.60 bits per heavy atom. The highest BCUT2D eigenvalue weighted by Gasteiger charge is 2.20. The van der Waals surface area contributed by atoms with Crippen LogP contribution in [0.2, 0.25) is 0 Å². The zero-order valence-corrected chi connectivity index (χ0v) is 14.6. The number of aromatic nitrogens is 1. The van der Waals surface area contributed by atoms with E-state index in [1.807, 2.05) is 18.3 Å². The maximum absolute atomic E-state index is 11.4. The summed E-state index contributed by atoms with van der Waals surface area (Å²) in [4.78, 5) is 18.1. The van der Waals surface area contributed by atoms with Crippen molar-refractivity contribution in [3.05, 3.63) is 54.2 Å². The van der Waals surface area contributed by atoms with E-state index in [0.717, 1.165) is 31.1 Å². The molecule has 0 aliphatic carbocycles. The van der Waals surface area contributed by atoms with Crippen molar-refractivity contribution in [1.29, 1.82) is 0 Å². The minimum absolute atomic E-state index is 0.349. The molecule has 0 bridgehead atoms. The van der Waals surface area contributed by atoms with Crippen molar-refractivity contribution in [3.8, 4) is 0 Å². The molecule has 0 radical (unpaired) electrons. The van der Waals surface area contributed by atoms with E-state index in [1.54, 1.807) is 6.92 Å². The number of rotatable bonds is 5. The van der Waals surface area contributed by atoms with Crippen LogP contribution in [0, 0.1) is 5.92 Å². The van der Waals surface area contributed by atoms with Gasteiger partial charge in [-0.25, -0.2) is 9.78 Å². The number of ether oxygens (including phenoxy) is 1. The lowest BCUT2D eigenvalue weighted by molar-refractivity contribution is 0.168. The van der Waals surface area contributed by atoms with Gasteiger partial charge in [-0.1, -0.05) is 30.3 Å². The van der Waals surface area contributed by atoms with Gasteiger partial charge < -0.3 is 9.64 Å². The summed E-state index contributed by atoms with van der Waals surface area (Å²) in [6, 6.07) is 14.6.